The lowest BCUT2D eigenvalue weighted by atomic mass is 10.2. The minimum atomic E-state index is -0.0972. The highest BCUT2D eigenvalue weighted by atomic mass is 32.1. The summed E-state index contributed by atoms with van der Waals surface area (Å²) in [7, 11) is 0. The zero-order valence-corrected chi connectivity index (χ0v) is 14.8. The van der Waals surface area contributed by atoms with Crippen LogP contribution in [0.3, 0.4) is 0 Å². The van der Waals surface area contributed by atoms with Crippen LogP contribution in [0.25, 0.3) is 10.2 Å². The van der Waals surface area contributed by atoms with Crippen LogP contribution in [0.2, 0.25) is 0 Å². The van der Waals surface area contributed by atoms with Crippen molar-refractivity contribution in [3.63, 3.8) is 0 Å². The Morgan fingerprint density at radius 3 is 2.67 bits per heavy atom. The summed E-state index contributed by atoms with van der Waals surface area (Å²) in [6.07, 6.45) is 1.48. The van der Waals surface area contributed by atoms with Gasteiger partial charge in [0, 0.05) is 17.1 Å². The highest BCUT2D eigenvalue weighted by Gasteiger charge is 2.17. The molecule has 3 aromatic rings. The Kier molecular flexibility index (Phi) is 4.76. The second-order valence-corrected chi connectivity index (χ2v) is 6.61. The molecule has 0 aliphatic heterocycles. The number of fused-ring (bicyclic) bond motifs is 1. The molecule has 124 valence electrons. The van der Waals surface area contributed by atoms with E-state index in [-0.39, 0.29) is 12.5 Å². The second-order valence-electron chi connectivity index (χ2n) is 5.40. The molecule has 2 heterocycles. The van der Waals surface area contributed by atoms with Crippen LogP contribution in [-0.2, 0) is 4.79 Å². The number of hydrogen-bond donors (Lipinski definition) is 0. The number of benzene rings is 1. The Morgan fingerprint density at radius 2 is 1.96 bits per heavy atom. The van der Waals surface area contributed by atoms with E-state index < -0.39 is 0 Å². The van der Waals surface area contributed by atoms with Gasteiger partial charge < -0.3 is 9.64 Å². The molecule has 0 fully saturated rings. The molecule has 0 radical (unpaired) electrons. The number of hydrogen-bond acceptors (Lipinski definition) is 5. The minimum Gasteiger partial charge on any atom is -0.467 e. The van der Waals surface area contributed by atoms with Crippen LogP contribution in [0.15, 0.2) is 36.7 Å². The van der Waals surface area contributed by atoms with Gasteiger partial charge in [-0.15, -0.1) is 11.3 Å². The number of rotatable bonds is 5. The van der Waals surface area contributed by atoms with E-state index >= 15 is 0 Å². The number of carbonyl (C=O) groups excluding carboxylic acids is 1. The van der Waals surface area contributed by atoms with Crippen molar-refractivity contribution in [2.75, 3.05) is 18.1 Å². The zero-order valence-electron chi connectivity index (χ0n) is 13.9. The van der Waals surface area contributed by atoms with Crippen LogP contribution in [0, 0.1) is 13.8 Å². The lowest BCUT2D eigenvalue weighted by Gasteiger charge is -2.21. The Morgan fingerprint density at radius 1 is 1.21 bits per heavy atom. The molecule has 2 aromatic heterocycles. The van der Waals surface area contributed by atoms with Crippen LogP contribution in [-0.4, -0.2) is 29.0 Å². The van der Waals surface area contributed by atoms with Crippen LogP contribution in [0.1, 0.15) is 17.4 Å². The molecule has 0 N–H and O–H groups in total. The molecule has 5 nitrogen and oxygen atoms in total. The molecule has 0 spiro atoms. The van der Waals surface area contributed by atoms with E-state index in [1.165, 1.54) is 11.2 Å². The van der Waals surface area contributed by atoms with Crippen LogP contribution in [0.4, 0.5) is 5.69 Å². The van der Waals surface area contributed by atoms with Crippen molar-refractivity contribution in [3.05, 3.63) is 47.1 Å². The van der Waals surface area contributed by atoms with Gasteiger partial charge in [-0.1, -0.05) is 18.2 Å². The van der Waals surface area contributed by atoms with Crippen LogP contribution in [0.5, 0.6) is 5.88 Å². The molecule has 24 heavy (non-hydrogen) atoms. The number of para-hydroxylation sites is 1. The number of likely N-dealkylation sites (N-methyl/N-ethyl adjacent to an activating group) is 1. The molecule has 0 aliphatic carbocycles. The number of nitrogens with zero attached hydrogens (tertiary/aromatic N) is 3. The monoisotopic (exact) mass is 341 g/mol. The van der Waals surface area contributed by atoms with E-state index in [1.807, 2.05) is 51.1 Å². The first-order chi connectivity index (χ1) is 11.6. The average Bonchev–Trinajstić information content (AvgIpc) is 2.89. The van der Waals surface area contributed by atoms with Gasteiger partial charge in [-0.25, -0.2) is 9.97 Å². The predicted octanol–water partition coefficient (Wildman–Crippen LogP) is 3.74. The van der Waals surface area contributed by atoms with Gasteiger partial charge in [0.1, 0.15) is 11.2 Å². The van der Waals surface area contributed by atoms with E-state index in [9.17, 15) is 4.79 Å². The van der Waals surface area contributed by atoms with Crippen LogP contribution < -0.4 is 9.64 Å². The van der Waals surface area contributed by atoms with Crippen molar-refractivity contribution >= 4 is 33.1 Å². The first kappa shape index (κ1) is 16.4. The number of ether oxygens (including phenoxy) is 1. The van der Waals surface area contributed by atoms with Crippen molar-refractivity contribution in [1.29, 1.82) is 0 Å². The van der Waals surface area contributed by atoms with Gasteiger partial charge in [0.25, 0.3) is 5.91 Å². The third kappa shape index (κ3) is 3.10. The fraction of sp³-hybridized carbons (Fsp3) is 0.278. The van der Waals surface area contributed by atoms with Gasteiger partial charge >= 0.3 is 0 Å². The van der Waals surface area contributed by atoms with Crippen molar-refractivity contribution in [3.8, 4) is 5.88 Å². The first-order valence-corrected chi connectivity index (χ1v) is 8.62. The van der Waals surface area contributed by atoms with E-state index in [4.69, 9.17) is 4.74 Å². The maximum absolute atomic E-state index is 12.5. The minimum absolute atomic E-state index is 0.0524. The second kappa shape index (κ2) is 6.97. The van der Waals surface area contributed by atoms with Crippen molar-refractivity contribution in [2.24, 2.45) is 0 Å². The van der Waals surface area contributed by atoms with Crippen molar-refractivity contribution < 1.29 is 9.53 Å². The molecule has 6 heteroatoms. The summed E-state index contributed by atoms with van der Waals surface area (Å²) in [6.45, 7) is 6.55. The maximum Gasteiger partial charge on any atom is 0.264 e. The number of carbonyl (C=O) groups is 1. The maximum atomic E-state index is 12.5. The largest absolute Gasteiger partial charge is 0.467 e. The zero-order chi connectivity index (χ0) is 17.1. The number of anilines is 1. The Balaban J connectivity index is 1.79. The highest BCUT2D eigenvalue weighted by molar-refractivity contribution is 7.18. The summed E-state index contributed by atoms with van der Waals surface area (Å²) in [6, 6.07) is 9.58. The molecule has 1 amide bonds. The topological polar surface area (TPSA) is 55.3 Å². The normalized spacial score (nSPS) is 10.8. The average molecular weight is 341 g/mol. The predicted molar refractivity (Wildman–Crippen MR) is 96.9 cm³/mol. The van der Waals surface area contributed by atoms with Crippen molar-refractivity contribution in [2.45, 2.75) is 20.8 Å². The van der Waals surface area contributed by atoms with Gasteiger partial charge in [-0.2, -0.15) is 0 Å². The Hall–Kier alpha value is -2.47. The van der Waals surface area contributed by atoms with Gasteiger partial charge in [0.2, 0.25) is 5.88 Å². The number of aryl methyl sites for hydroxylation is 2. The van der Waals surface area contributed by atoms with E-state index in [0.29, 0.717) is 12.4 Å². The van der Waals surface area contributed by atoms with E-state index in [1.54, 1.807) is 16.2 Å². The molecule has 0 aliphatic rings. The Bertz CT molecular complexity index is 861. The first-order valence-electron chi connectivity index (χ1n) is 7.80. The molecule has 0 atom stereocenters. The molecular weight excluding hydrogens is 322 g/mol. The molecule has 3 rings (SSSR count). The molecule has 0 saturated heterocycles. The van der Waals surface area contributed by atoms with E-state index in [0.717, 1.165) is 21.5 Å². The summed E-state index contributed by atoms with van der Waals surface area (Å²) >= 11 is 1.61. The van der Waals surface area contributed by atoms with Gasteiger partial charge in [0.05, 0.1) is 5.39 Å². The third-order valence-electron chi connectivity index (χ3n) is 3.95. The number of thiophene rings is 1. The molecule has 1 aromatic carbocycles. The third-order valence-corrected chi connectivity index (χ3v) is 5.06. The SMILES string of the molecule is CCN(C(=O)COc1ncnc2sc(C)c(C)c12)c1ccccc1. The quantitative estimate of drug-likeness (QED) is 0.709. The van der Waals surface area contributed by atoms with Gasteiger partial charge in [0.15, 0.2) is 6.61 Å². The fourth-order valence-electron chi connectivity index (χ4n) is 2.58. The summed E-state index contributed by atoms with van der Waals surface area (Å²) in [5.41, 5.74) is 1.97. The van der Waals surface area contributed by atoms with Gasteiger partial charge in [-0.3, -0.25) is 4.79 Å². The van der Waals surface area contributed by atoms with Crippen LogP contribution >= 0.6 is 11.3 Å². The Labute approximate surface area is 144 Å². The summed E-state index contributed by atoms with van der Waals surface area (Å²) in [4.78, 5) is 24.8. The lowest BCUT2D eigenvalue weighted by molar-refractivity contribution is -0.120. The molecular formula is C18H19N3O2S. The number of amides is 1. The van der Waals surface area contributed by atoms with Crippen molar-refractivity contribution in [1.82, 2.24) is 9.97 Å². The molecule has 0 bridgehead atoms. The highest BCUT2D eigenvalue weighted by Crippen LogP contribution is 2.33. The molecule has 0 unspecified atom stereocenters. The van der Waals surface area contributed by atoms with E-state index in [2.05, 4.69) is 9.97 Å². The fourth-order valence-corrected chi connectivity index (χ4v) is 3.57. The summed E-state index contributed by atoms with van der Waals surface area (Å²) in [5.74, 6) is 0.374. The summed E-state index contributed by atoms with van der Waals surface area (Å²) < 4.78 is 5.74. The summed E-state index contributed by atoms with van der Waals surface area (Å²) in [5, 5.41) is 0.899. The smallest absolute Gasteiger partial charge is 0.264 e. The molecule has 0 saturated carbocycles. The lowest BCUT2D eigenvalue weighted by Crippen LogP contribution is -2.34. The number of aromatic nitrogens is 2. The van der Waals surface area contributed by atoms with Gasteiger partial charge in [-0.05, 0) is 38.5 Å². The standard InChI is InChI=1S/C18H19N3O2S/c1-4-21(14-8-6-5-7-9-14)15(22)10-23-17-16-12(2)13(3)24-18(16)20-11-19-17/h5-9,11H,4,10H2,1-3H3.